The third kappa shape index (κ3) is 6.95. The second kappa shape index (κ2) is 6.54. The van der Waals surface area contributed by atoms with Gasteiger partial charge in [0.1, 0.15) is 0 Å². The van der Waals surface area contributed by atoms with Gasteiger partial charge in [-0.3, -0.25) is 9.59 Å². The second-order valence-electron chi connectivity index (χ2n) is 2.46. The summed E-state index contributed by atoms with van der Waals surface area (Å²) in [5.74, 6) is -0.895. The van der Waals surface area contributed by atoms with Crippen molar-refractivity contribution in [3.63, 3.8) is 0 Å². The van der Waals surface area contributed by atoms with Crippen LogP contribution in [0.25, 0.3) is 0 Å². The van der Waals surface area contributed by atoms with Crippen molar-refractivity contribution in [2.24, 2.45) is 5.73 Å². The average molecular weight is 170 g/mol. The lowest BCUT2D eigenvalue weighted by atomic mass is 10.1. The van der Waals surface area contributed by atoms with Gasteiger partial charge in [-0.05, 0) is 18.9 Å². The molecule has 4 nitrogen and oxygen atoms in total. The van der Waals surface area contributed by atoms with Gasteiger partial charge in [-0.2, -0.15) is 0 Å². The molecule has 0 amide bonds. The fourth-order valence-electron chi connectivity index (χ4n) is 0.768. The fraction of sp³-hybridized carbons (Fsp3) is 0.500. The Hall–Kier alpha value is -1.16. The Bertz CT molecular complexity index is 177. The Balaban J connectivity index is 3.43. The maximum absolute atomic E-state index is 10.1. The molecular formula is C8H12NO3. The SMILES string of the molecule is NC(CCC=C[C]=O)CC(=O)O. The van der Waals surface area contributed by atoms with Gasteiger partial charge in [0, 0.05) is 6.04 Å². The number of aliphatic carboxylic acids is 1. The molecule has 0 aromatic carbocycles. The summed E-state index contributed by atoms with van der Waals surface area (Å²) in [6.07, 6.45) is 5.63. The highest BCUT2D eigenvalue weighted by Crippen LogP contribution is 1.99. The van der Waals surface area contributed by atoms with E-state index in [1.54, 1.807) is 12.4 Å². The molecule has 0 saturated carbocycles. The number of allylic oxidation sites excluding steroid dienone is 2. The van der Waals surface area contributed by atoms with Crippen molar-refractivity contribution >= 4 is 12.3 Å². The van der Waals surface area contributed by atoms with Crippen molar-refractivity contribution in [2.45, 2.75) is 25.3 Å². The molecule has 0 bridgehead atoms. The van der Waals surface area contributed by atoms with E-state index in [2.05, 4.69) is 0 Å². The molecule has 3 N–H and O–H groups in total. The minimum atomic E-state index is -0.895. The summed E-state index contributed by atoms with van der Waals surface area (Å²) in [7, 11) is 0. The minimum absolute atomic E-state index is 0.0291. The van der Waals surface area contributed by atoms with Gasteiger partial charge in [0.05, 0.1) is 6.42 Å². The van der Waals surface area contributed by atoms with E-state index in [0.717, 1.165) is 0 Å². The summed E-state index contributed by atoms with van der Waals surface area (Å²) in [6, 6.07) is -0.334. The van der Waals surface area contributed by atoms with Crippen molar-refractivity contribution in [3.8, 4) is 0 Å². The number of hydrogen-bond donors (Lipinski definition) is 2. The van der Waals surface area contributed by atoms with Crippen LogP contribution in [0.1, 0.15) is 19.3 Å². The number of carboxylic acid groups (broad SMARTS) is 1. The van der Waals surface area contributed by atoms with Crippen molar-refractivity contribution in [2.75, 3.05) is 0 Å². The van der Waals surface area contributed by atoms with Crippen LogP contribution in [0.5, 0.6) is 0 Å². The number of carbonyl (C=O) groups excluding carboxylic acids is 1. The molecular weight excluding hydrogens is 158 g/mol. The summed E-state index contributed by atoms with van der Waals surface area (Å²) in [5, 5.41) is 8.33. The van der Waals surface area contributed by atoms with E-state index in [9.17, 15) is 9.59 Å². The molecule has 0 rings (SSSR count). The van der Waals surface area contributed by atoms with E-state index in [1.165, 1.54) is 6.08 Å². The van der Waals surface area contributed by atoms with Gasteiger partial charge < -0.3 is 10.8 Å². The third-order valence-corrected chi connectivity index (χ3v) is 1.33. The molecule has 0 heterocycles. The summed E-state index contributed by atoms with van der Waals surface area (Å²) in [4.78, 5) is 19.8. The van der Waals surface area contributed by atoms with Gasteiger partial charge in [0.15, 0.2) is 0 Å². The van der Waals surface area contributed by atoms with E-state index in [1.807, 2.05) is 0 Å². The van der Waals surface area contributed by atoms with Crippen LogP contribution < -0.4 is 5.73 Å². The predicted molar refractivity (Wildman–Crippen MR) is 44.3 cm³/mol. The summed E-state index contributed by atoms with van der Waals surface area (Å²) in [5.41, 5.74) is 5.44. The Kier molecular flexibility index (Phi) is 5.91. The Morgan fingerprint density at radius 2 is 2.33 bits per heavy atom. The van der Waals surface area contributed by atoms with Gasteiger partial charge in [-0.1, -0.05) is 6.08 Å². The van der Waals surface area contributed by atoms with Crippen LogP contribution >= 0.6 is 0 Å². The highest BCUT2D eigenvalue weighted by molar-refractivity contribution is 5.67. The Labute approximate surface area is 71.1 Å². The minimum Gasteiger partial charge on any atom is -0.481 e. The first kappa shape index (κ1) is 10.8. The van der Waals surface area contributed by atoms with Crippen LogP contribution in [0.4, 0.5) is 0 Å². The quantitative estimate of drug-likeness (QED) is 0.559. The van der Waals surface area contributed by atoms with E-state index in [4.69, 9.17) is 10.8 Å². The van der Waals surface area contributed by atoms with Crippen LogP contribution in [0.15, 0.2) is 12.2 Å². The monoisotopic (exact) mass is 170 g/mol. The molecule has 4 heteroatoms. The number of rotatable bonds is 6. The molecule has 0 aliphatic rings. The topological polar surface area (TPSA) is 80.4 Å². The maximum atomic E-state index is 10.1. The van der Waals surface area contributed by atoms with Gasteiger partial charge in [0.2, 0.25) is 6.29 Å². The number of carbonyl (C=O) groups is 1. The van der Waals surface area contributed by atoms with Gasteiger partial charge in [-0.15, -0.1) is 0 Å². The number of carboxylic acids is 1. The average Bonchev–Trinajstić information content (AvgIpc) is 1.97. The first-order valence-corrected chi connectivity index (χ1v) is 3.67. The van der Waals surface area contributed by atoms with Crippen molar-refractivity contribution < 1.29 is 14.7 Å². The fourth-order valence-corrected chi connectivity index (χ4v) is 0.768. The predicted octanol–water partition coefficient (Wildman–Crippen LogP) is 0.234. The summed E-state index contributed by atoms with van der Waals surface area (Å²) < 4.78 is 0. The molecule has 0 aliphatic heterocycles. The second-order valence-corrected chi connectivity index (χ2v) is 2.46. The molecule has 0 saturated heterocycles. The van der Waals surface area contributed by atoms with Crippen LogP contribution in [0.2, 0.25) is 0 Å². The van der Waals surface area contributed by atoms with Crippen LogP contribution in [-0.2, 0) is 9.59 Å². The largest absolute Gasteiger partial charge is 0.481 e. The van der Waals surface area contributed by atoms with Crippen LogP contribution in [0, 0.1) is 0 Å². The first-order valence-electron chi connectivity index (χ1n) is 3.67. The molecule has 0 aromatic heterocycles. The number of hydrogen-bond acceptors (Lipinski definition) is 3. The van der Waals surface area contributed by atoms with Crippen molar-refractivity contribution in [3.05, 3.63) is 12.2 Å². The zero-order valence-corrected chi connectivity index (χ0v) is 6.69. The Morgan fingerprint density at radius 1 is 1.67 bits per heavy atom. The summed E-state index contributed by atoms with van der Waals surface area (Å²) >= 11 is 0. The molecule has 0 aliphatic carbocycles. The normalized spacial score (nSPS) is 13.1. The maximum Gasteiger partial charge on any atom is 0.304 e. The lowest BCUT2D eigenvalue weighted by Gasteiger charge is -2.05. The molecule has 0 aromatic rings. The molecule has 1 atom stereocenters. The third-order valence-electron chi connectivity index (χ3n) is 1.33. The molecule has 1 radical (unpaired) electrons. The van der Waals surface area contributed by atoms with Gasteiger partial charge in [0.25, 0.3) is 0 Å². The standard InChI is InChI=1S/C8H12NO3/c9-7(6-8(11)12)4-2-1-3-5-10/h1,3,7H,2,4,6,9H2,(H,11,12). The van der Waals surface area contributed by atoms with E-state index >= 15 is 0 Å². The van der Waals surface area contributed by atoms with Gasteiger partial charge >= 0.3 is 5.97 Å². The van der Waals surface area contributed by atoms with Crippen molar-refractivity contribution in [1.82, 2.24) is 0 Å². The first-order chi connectivity index (χ1) is 5.66. The van der Waals surface area contributed by atoms with Crippen LogP contribution in [0.3, 0.4) is 0 Å². The lowest BCUT2D eigenvalue weighted by molar-refractivity contribution is -0.137. The molecule has 1 unspecified atom stereocenters. The molecule has 67 valence electrons. The molecule has 0 spiro atoms. The summed E-state index contributed by atoms with van der Waals surface area (Å²) in [6.45, 7) is 0. The number of nitrogens with two attached hydrogens (primary N) is 1. The molecule has 12 heavy (non-hydrogen) atoms. The highest BCUT2D eigenvalue weighted by atomic mass is 16.4. The Morgan fingerprint density at radius 3 is 2.83 bits per heavy atom. The van der Waals surface area contributed by atoms with E-state index in [-0.39, 0.29) is 12.5 Å². The zero-order valence-electron chi connectivity index (χ0n) is 6.69. The van der Waals surface area contributed by atoms with E-state index in [0.29, 0.717) is 12.8 Å². The smallest absolute Gasteiger partial charge is 0.304 e. The van der Waals surface area contributed by atoms with Gasteiger partial charge in [-0.25, -0.2) is 0 Å². The van der Waals surface area contributed by atoms with E-state index < -0.39 is 5.97 Å². The van der Waals surface area contributed by atoms with Crippen molar-refractivity contribution in [1.29, 1.82) is 0 Å². The lowest BCUT2D eigenvalue weighted by Crippen LogP contribution is -2.23. The highest BCUT2D eigenvalue weighted by Gasteiger charge is 2.05. The molecule has 0 fully saturated rings. The van der Waals surface area contributed by atoms with Crippen LogP contribution in [-0.4, -0.2) is 23.4 Å². The zero-order chi connectivity index (χ0) is 9.40.